The summed E-state index contributed by atoms with van der Waals surface area (Å²) in [6.07, 6.45) is 1.49. The first-order chi connectivity index (χ1) is 19.4. The maximum Gasteiger partial charge on any atom is 0.344 e. The van der Waals surface area contributed by atoms with Gasteiger partial charge in [-0.15, -0.1) is 21.5 Å². The summed E-state index contributed by atoms with van der Waals surface area (Å²) in [4.78, 5) is 34.1. The van der Waals surface area contributed by atoms with Crippen LogP contribution in [-0.4, -0.2) is 54.7 Å². The van der Waals surface area contributed by atoms with E-state index in [-0.39, 0.29) is 13.0 Å². The predicted octanol–water partition coefficient (Wildman–Crippen LogP) is 5.40. The Kier molecular flexibility index (Phi) is 7.48. The van der Waals surface area contributed by atoms with Crippen molar-refractivity contribution in [2.24, 2.45) is 4.99 Å². The number of aliphatic carboxylic acids is 1. The zero-order chi connectivity index (χ0) is 29.5. The molecule has 1 aliphatic rings. The van der Waals surface area contributed by atoms with Crippen molar-refractivity contribution in [2.75, 3.05) is 6.61 Å². The molecule has 1 aromatic carbocycles. The Hall–Kier alpha value is -4.38. The molecule has 1 atom stereocenters. The highest BCUT2D eigenvalue weighted by atomic mass is 32.1. The van der Waals surface area contributed by atoms with Gasteiger partial charge < -0.3 is 14.6 Å². The molecule has 41 heavy (non-hydrogen) atoms. The fraction of sp³-hybridized carbons (Fsp3) is 0.333. The number of carboxylic acids is 1. The van der Waals surface area contributed by atoms with E-state index in [1.165, 1.54) is 0 Å². The van der Waals surface area contributed by atoms with Gasteiger partial charge in [0.25, 0.3) is 0 Å². The van der Waals surface area contributed by atoms with Gasteiger partial charge in [-0.3, -0.25) is 14.4 Å². The molecule has 4 heterocycles. The Labute approximate surface area is 241 Å². The van der Waals surface area contributed by atoms with Crippen LogP contribution < -0.4 is 4.74 Å². The maximum atomic E-state index is 11.9. The normalized spacial score (nSPS) is 14.5. The average molecular weight is 574 g/mol. The first-order valence-electron chi connectivity index (χ1n) is 13.1. The molecule has 0 aliphatic carbocycles. The van der Waals surface area contributed by atoms with E-state index in [1.807, 2.05) is 41.8 Å². The standard InChI is InChI=1S/C30H31N5O5S/c1-16-17(2)41-29-26(16)27(32-22(13-24(36)37)28-34-33-18(3)35(28)29)20-9-7-19(8-10-20)21-11-12-23(31-14-21)39-15-25(38)40-30(4,5)6/h7-12,14,22H,13,15H2,1-6H3,(H,36,37)/t22-/m0/s1. The van der Waals surface area contributed by atoms with Crippen LogP contribution in [0.5, 0.6) is 5.88 Å². The Morgan fingerprint density at radius 2 is 1.68 bits per heavy atom. The second-order valence-corrected chi connectivity index (χ2v) is 12.0. The molecule has 212 valence electrons. The van der Waals surface area contributed by atoms with Crippen LogP contribution in [0.2, 0.25) is 0 Å². The number of pyridine rings is 1. The van der Waals surface area contributed by atoms with E-state index in [2.05, 4.69) is 29.0 Å². The number of thiophene rings is 1. The van der Waals surface area contributed by atoms with E-state index < -0.39 is 23.6 Å². The van der Waals surface area contributed by atoms with Gasteiger partial charge in [-0.1, -0.05) is 24.3 Å². The molecule has 0 amide bonds. The van der Waals surface area contributed by atoms with Crippen molar-refractivity contribution in [1.29, 1.82) is 0 Å². The molecule has 0 saturated heterocycles. The van der Waals surface area contributed by atoms with Crippen LogP contribution in [0.15, 0.2) is 47.6 Å². The highest BCUT2D eigenvalue weighted by Gasteiger charge is 2.32. The lowest BCUT2D eigenvalue weighted by Gasteiger charge is -2.19. The smallest absolute Gasteiger partial charge is 0.344 e. The van der Waals surface area contributed by atoms with Crippen LogP contribution in [-0.2, 0) is 14.3 Å². The topological polar surface area (TPSA) is 129 Å². The molecule has 11 heteroatoms. The van der Waals surface area contributed by atoms with Crippen LogP contribution in [0.3, 0.4) is 0 Å². The zero-order valence-electron chi connectivity index (χ0n) is 23.8. The van der Waals surface area contributed by atoms with Crippen LogP contribution in [0.4, 0.5) is 0 Å². The van der Waals surface area contributed by atoms with Gasteiger partial charge in [0.15, 0.2) is 12.4 Å². The fourth-order valence-corrected chi connectivity index (χ4v) is 5.86. The SMILES string of the molecule is Cc1sc2c(c1C)C(c1ccc(-c3ccc(OCC(=O)OC(C)(C)C)nc3)cc1)=N[C@@H](CC(=O)O)c1nnc(C)n1-2. The monoisotopic (exact) mass is 573 g/mol. The van der Waals surface area contributed by atoms with Gasteiger partial charge in [-0.2, -0.15) is 0 Å². The second kappa shape index (κ2) is 10.9. The van der Waals surface area contributed by atoms with Crippen molar-refractivity contribution in [3.8, 4) is 22.0 Å². The maximum absolute atomic E-state index is 11.9. The minimum Gasteiger partial charge on any atom is -0.481 e. The van der Waals surface area contributed by atoms with E-state index in [4.69, 9.17) is 14.5 Å². The molecule has 5 rings (SSSR count). The number of carbonyl (C=O) groups is 2. The van der Waals surface area contributed by atoms with E-state index in [0.717, 1.165) is 43.4 Å². The number of ether oxygens (including phenoxy) is 2. The third-order valence-electron chi connectivity index (χ3n) is 6.59. The quantitative estimate of drug-likeness (QED) is 0.291. The number of carboxylic acid groups (broad SMARTS) is 1. The van der Waals surface area contributed by atoms with Crippen molar-refractivity contribution in [1.82, 2.24) is 19.7 Å². The average Bonchev–Trinajstić information content (AvgIpc) is 3.39. The highest BCUT2D eigenvalue weighted by molar-refractivity contribution is 7.15. The van der Waals surface area contributed by atoms with E-state index in [1.54, 1.807) is 44.4 Å². The van der Waals surface area contributed by atoms with E-state index in [0.29, 0.717) is 17.5 Å². The molecule has 10 nitrogen and oxygen atoms in total. The molecule has 0 spiro atoms. The first-order valence-corrected chi connectivity index (χ1v) is 14.0. The van der Waals surface area contributed by atoms with Gasteiger partial charge in [-0.05, 0) is 58.7 Å². The number of nitrogens with zero attached hydrogens (tertiary/aromatic N) is 5. The van der Waals surface area contributed by atoms with Crippen molar-refractivity contribution < 1.29 is 24.2 Å². The van der Waals surface area contributed by atoms with E-state index in [9.17, 15) is 14.7 Å². The Morgan fingerprint density at radius 3 is 2.32 bits per heavy atom. The molecule has 1 aliphatic heterocycles. The lowest BCUT2D eigenvalue weighted by Crippen LogP contribution is -2.27. The number of aryl methyl sites for hydroxylation is 2. The third kappa shape index (κ3) is 5.90. The summed E-state index contributed by atoms with van der Waals surface area (Å²) >= 11 is 1.63. The molecular formula is C30H31N5O5S. The van der Waals surface area contributed by atoms with Crippen LogP contribution in [0.1, 0.15) is 66.5 Å². The molecule has 0 bridgehead atoms. The number of fused-ring (bicyclic) bond motifs is 3. The van der Waals surface area contributed by atoms with Gasteiger partial charge in [-0.25, -0.2) is 9.78 Å². The summed E-state index contributed by atoms with van der Waals surface area (Å²) in [5, 5.41) is 19.1. The first kappa shape index (κ1) is 28.2. The summed E-state index contributed by atoms with van der Waals surface area (Å²) in [5.41, 5.74) is 4.88. The number of benzene rings is 1. The predicted molar refractivity (Wildman–Crippen MR) is 155 cm³/mol. The largest absolute Gasteiger partial charge is 0.481 e. The number of aliphatic imine (C=N–C) groups is 1. The molecule has 1 N–H and O–H groups in total. The van der Waals surface area contributed by atoms with Crippen molar-refractivity contribution in [3.05, 3.63) is 75.8 Å². The Morgan fingerprint density at radius 1 is 1.00 bits per heavy atom. The van der Waals surface area contributed by atoms with Crippen molar-refractivity contribution in [2.45, 2.75) is 59.6 Å². The zero-order valence-corrected chi connectivity index (χ0v) is 24.6. The molecule has 0 unspecified atom stereocenters. The number of hydrogen-bond donors (Lipinski definition) is 1. The van der Waals surface area contributed by atoms with Crippen molar-refractivity contribution >= 4 is 29.0 Å². The number of hydrogen-bond acceptors (Lipinski definition) is 9. The minimum atomic E-state index is -0.954. The summed E-state index contributed by atoms with van der Waals surface area (Å²) in [6, 6.07) is 10.8. The lowest BCUT2D eigenvalue weighted by atomic mass is 9.97. The molecule has 0 fully saturated rings. The molecular weight excluding hydrogens is 542 g/mol. The van der Waals surface area contributed by atoms with Gasteiger partial charge in [0, 0.05) is 33.8 Å². The van der Waals surface area contributed by atoms with Gasteiger partial charge in [0.2, 0.25) is 5.88 Å². The third-order valence-corrected chi connectivity index (χ3v) is 7.79. The van der Waals surface area contributed by atoms with Gasteiger partial charge in [0.1, 0.15) is 22.5 Å². The van der Waals surface area contributed by atoms with E-state index >= 15 is 0 Å². The summed E-state index contributed by atoms with van der Waals surface area (Å²) in [7, 11) is 0. The second-order valence-electron chi connectivity index (χ2n) is 10.8. The van der Waals surface area contributed by atoms with Crippen molar-refractivity contribution in [3.63, 3.8) is 0 Å². The Bertz CT molecular complexity index is 1650. The minimum absolute atomic E-state index is 0.194. The number of aromatic nitrogens is 4. The molecule has 4 aromatic rings. The number of rotatable bonds is 7. The summed E-state index contributed by atoms with van der Waals surface area (Å²) in [6.45, 7) is 11.2. The fourth-order valence-electron chi connectivity index (χ4n) is 4.65. The van der Waals surface area contributed by atoms with Gasteiger partial charge in [0.05, 0.1) is 12.1 Å². The number of esters is 1. The summed E-state index contributed by atoms with van der Waals surface area (Å²) in [5.74, 6) is 0.131. The molecule has 0 radical (unpaired) electrons. The highest BCUT2D eigenvalue weighted by Crippen LogP contribution is 2.39. The Balaban J connectivity index is 1.43. The van der Waals surface area contributed by atoms with Crippen LogP contribution in [0, 0.1) is 20.8 Å². The van der Waals surface area contributed by atoms with Gasteiger partial charge >= 0.3 is 11.9 Å². The van der Waals surface area contributed by atoms with Crippen LogP contribution in [0.25, 0.3) is 16.1 Å². The lowest BCUT2D eigenvalue weighted by molar-refractivity contribution is -0.157. The molecule has 0 saturated carbocycles. The summed E-state index contributed by atoms with van der Waals surface area (Å²) < 4.78 is 12.7. The van der Waals surface area contributed by atoms with Crippen LogP contribution >= 0.6 is 11.3 Å². The number of carbonyl (C=O) groups excluding carboxylic acids is 1. The molecule has 3 aromatic heterocycles.